The molecular formula is C22H29NO2. The molecular weight excluding hydrogens is 310 g/mol. The van der Waals surface area contributed by atoms with E-state index >= 15 is 0 Å². The maximum Gasteiger partial charge on any atom is 0.117 e. The summed E-state index contributed by atoms with van der Waals surface area (Å²) in [5.74, 6) is 0.0904. The fourth-order valence-corrected chi connectivity index (χ4v) is 4.14. The molecule has 0 spiro atoms. The van der Waals surface area contributed by atoms with E-state index in [1.165, 1.54) is 0 Å². The highest BCUT2D eigenvalue weighted by Crippen LogP contribution is 2.43. The zero-order chi connectivity index (χ0) is 18.1. The molecule has 0 amide bonds. The van der Waals surface area contributed by atoms with Crippen LogP contribution in [0.25, 0.3) is 0 Å². The minimum Gasteiger partial charge on any atom is -0.389 e. The molecule has 2 aromatic rings. The molecule has 2 N–H and O–H groups in total. The van der Waals surface area contributed by atoms with E-state index in [1.54, 1.807) is 0 Å². The minimum atomic E-state index is -1.21. The Hall–Kier alpha value is -1.68. The van der Waals surface area contributed by atoms with Crippen molar-refractivity contribution >= 4 is 0 Å². The molecule has 3 heteroatoms. The summed E-state index contributed by atoms with van der Waals surface area (Å²) in [6, 6.07) is 19.7. The normalized spacial score (nSPS) is 28.0. The molecule has 1 saturated heterocycles. The van der Waals surface area contributed by atoms with Crippen molar-refractivity contribution in [1.82, 2.24) is 4.90 Å². The van der Waals surface area contributed by atoms with Gasteiger partial charge < -0.3 is 15.1 Å². The second-order valence-corrected chi connectivity index (χ2v) is 7.77. The summed E-state index contributed by atoms with van der Waals surface area (Å²) < 4.78 is 0. The van der Waals surface area contributed by atoms with Gasteiger partial charge in [-0.15, -0.1) is 0 Å². The molecule has 1 heterocycles. The van der Waals surface area contributed by atoms with Gasteiger partial charge in [-0.1, -0.05) is 67.6 Å². The Bertz CT molecular complexity index is 648. The molecule has 3 nitrogen and oxygen atoms in total. The van der Waals surface area contributed by atoms with Gasteiger partial charge in [0.05, 0.1) is 5.60 Å². The third kappa shape index (κ3) is 3.50. The third-order valence-corrected chi connectivity index (χ3v) is 5.95. The van der Waals surface area contributed by atoms with Crippen LogP contribution in [0, 0.1) is 5.92 Å². The van der Waals surface area contributed by atoms with E-state index in [0.29, 0.717) is 12.8 Å². The highest BCUT2D eigenvalue weighted by Gasteiger charge is 2.47. The molecule has 3 atom stereocenters. The lowest BCUT2D eigenvalue weighted by Crippen LogP contribution is -2.56. The summed E-state index contributed by atoms with van der Waals surface area (Å²) in [4.78, 5) is 2.28. The van der Waals surface area contributed by atoms with Gasteiger partial charge in [-0.2, -0.15) is 0 Å². The Kier molecular flexibility index (Phi) is 5.01. The molecule has 0 saturated carbocycles. The molecule has 3 rings (SSSR count). The van der Waals surface area contributed by atoms with Gasteiger partial charge in [0.25, 0.3) is 0 Å². The number of benzene rings is 2. The number of hydrogen-bond donors (Lipinski definition) is 2. The third-order valence-electron chi connectivity index (χ3n) is 5.95. The predicted octanol–water partition coefficient (Wildman–Crippen LogP) is 3.40. The molecule has 1 aliphatic heterocycles. The van der Waals surface area contributed by atoms with Crippen LogP contribution in [0.4, 0.5) is 0 Å². The lowest BCUT2D eigenvalue weighted by atomic mass is 9.69. The fraction of sp³-hybridized carbons (Fsp3) is 0.455. The number of rotatable bonds is 4. The van der Waals surface area contributed by atoms with Crippen molar-refractivity contribution < 1.29 is 10.2 Å². The Labute approximate surface area is 150 Å². The Morgan fingerprint density at radius 3 is 1.96 bits per heavy atom. The molecule has 1 fully saturated rings. The Balaban J connectivity index is 2.02. The average Bonchev–Trinajstić information content (AvgIpc) is 2.61. The van der Waals surface area contributed by atoms with Crippen LogP contribution in [0.5, 0.6) is 0 Å². The minimum absolute atomic E-state index is 0.0904. The van der Waals surface area contributed by atoms with E-state index in [2.05, 4.69) is 25.8 Å². The first-order valence-corrected chi connectivity index (χ1v) is 9.11. The summed E-state index contributed by atoms with van der Waals surface area (Å²) in [5, 5.41) is 23.3. The van der Waals surface area contributed by atoms with Gasteiger partial charge in [-0.3, -0.25) is 0 Å². The van der Waals surface area contributed by atoms with Crippen molar-refractivity contribution in [3.8, 4) is 0 Å². The highest BCUT2D eigenvalue weighted by atomic mass is 16.3. The molecule has 0 unspecified atom stereocenters. The molecule has 25 heavy (non-hydrogen) atoms. The molecule has 0 bridgehead atoms. The summed E-state index contributed by atoms with van der Waals surface area (Å²) in [6.07, 6.45) is 0.958. The quantitative estimate of drug-likeness (QED) is 0.897. The van der Waals surface area contributed by atoms with Gasteiger partial charge in [-0.05, 0) is 37.4 Å². The van der Waals surface area contributed by atoms with Gasteiger partial charge in [0.2, 0.25) is 0 Å². The van der Waals surface area contributed by atoms with Crippen molar-refractivity contribution in [3.05, 3.63) is 71.8 Å². The Morgan fingerprint density at radius 2 is 1.48 bits per heavy atom. The highest BCUT2D eigenvalue weighted by molar-refractivity contribution is 5.36. The second-order valence-electron chi connectivity index (χ2n) is 7.77. The second kappa shape index (κ2) is 6.91. The van der Waals surface area contributed by atoms with Crippen LogP contribution in [0.3, 0.4) is 0 Å². The van der Waals surface area contributed by atoms with Crippen molar-refractivity contribution in [2.24, 2.45) is 5.92 Å². The van der Waals surface area contributed by atoms with Gasteiger partial charge in [-0.25, -0.2) is 0 Å². The van der Waals surface area contributed by atoms with E-state index < -0.39 is 11.2 Å². The number of aliphatic hydroxyl groups is 2. The van der Waals surface area contributed by atoms with E-state index in [-0.39, 0.29) is 12.0 Å². The number of likely N-dealkylation sites (tertiary alicyclic amines) is 1. The maximum atomic E-state index is 11.8. The predicted molar refractivity (Wildman–Crippen MR) is 101 cm³/mol. The molecule has 134 valence electrons. The van der Waals surface area contributed by atoms with Crippen LogP contribution in [-0.4, -0.2) is 40.3 Å². The molecule has 0 aromatic heterocycles. The average molecular weight is 339 g/mol. The van der Waals surface area contributed by atoms with Crippen LogP contribution in [0.15, 0.2) is 60.7 Å². The number of nitrogens with zero attached hydrogens (tertiary/aromatic N) is 1. The lowest BCUT2D eigenvalue weighted by molar-refractivity contribution is -0.121. The van der Waals surface area contributed by atoms with Gasteiger partial charge in [0.1, 0.15) is 5.60 Å². The summed E-state index contributed by atoms with van der Waals surface area (Å²) >= 11 is 0. The summed E-state index contributed by atoms with van der Waals surface area (Å²) in [7, 11) is 2.10. The van der Waals surface area contributed by atoms with Gasteiger partial charge in [0.15, 0.2) is 0 Å². The summed E-state index contributed by atoms with van der Waals surface area (Å²) in [5.41, 5.74) is -0.463. The van der Waals surface area contributed by atoms with Crippen LogP contribution in [0.2, 0.25) is 0 Å². The van der Waals surface area contributed by atoms with Gasteiger partial charge >= 0.3 is 0 Å². The fourth-order valence-electron chi connectivity index (χ4n) is 4.14. The van der Waals surface area contributed by atoms with Crippen LogP contribution >= 0.6 is 0 Å². The first-order chi connectivity index (χ1) is 11.8. The van der Waals surface area contributed by atoms with Crippen molar-refractivity contribution in [1.29, 1.82) is 0 Å². The molecule has 2 aromatic carbocycles. The van der Waals surface area contributed by atoms with Crippen LogP contribution in [0.1, 0.15) is 37.8 Å². The Morgan fingerprint density at radius 1 is 1.00 bits per heavy atom. The summed E-state index contributed by atoms with van der Waals surface area (Å²) in [6.45, 7) is 5.05. The van der Waals surface area contributed by atoms with E-state index in [4.69, 9.17) is 0 Å². The van der Waals surface area contributed by atoms with Crippen molar-refractivity contribution in [2.75, 3.05) is 13.6 Å². The maximum absolute atomic E-state index is 11.8. The first kappa shape index (κ1) is 18.1. The largest absolute Gasteiger partial charge is 0.389 e. The monoisotopic (exact) mass is 339 g/mol. The zero-order valence-corrected chi connectivity index (χ0v) is 15.4. The van der Waals surface area contributed by atoms with Crippen LogP contribution < -0.4 is 0 Å². The first-order valence-electron chi connectivity index (χ1n) is 9.11. The lowest BCUT2D eigenvalue weighted by Gasteiger charge is -2.49. The number of piperidine rings is 1. The topological polar surface area (TPSA) is 43.7 Å². The standard InChI is InChI=1S/C22H29NO2/c1-17-15-23(3)18(2)14-21(17,24)16-22(25,19-10-6-4-7-11-19)20-12-8-5-9-13-20/h4-13,17-18,24-25H,14-16H2,1-3H3/t17-,18-,21+/m1/s1. The van der Waals surface area contributed by atoms with E-state index in [0.717, 1.165) is 17.7 Å². The smallest absolute Gasteiger partial charge is 0.117 e. The molecule has 0 radical (unpaired) electrons. The SMILES string of the molecule is C[C@@H]1C[C@](O)(CC(O)(c2ccccc2)c2ccccc2)[C@H](C)CN1C. The molecule has 0 aliphatic carbocycles. The van der Waals surface area contributed by atoms with Crippen molar-refractivity contribution in [2.45, 2.75) is 43.9 Å². The van der Waals surface area contributed by atoms with E-state index in [9.17, 15) is 10.2 Å². The zero-order valence-electron chi connectivity index (χ0n) is 15.4. The van der Waals surface area contributed by atoms with Crippen LogP contribution in [-0.2, 0) is 5.60 Å². The van der Waals surface area contributed by atoms with E-state index in [1.807, 2.05) is 60.7 Å². The van der Waals surface area contributed by atoms with Gasteiger partial charge in [0, 0.05) is 19.0 Å². The molecule has 1 aliphatic rings. The van der Waals surface area contributed by atoms with Crippen molar-refractivity contribution in [3.63, 3.8) is 0 Å². The number of hydrogen-bond acceptors (Lipinski definition) is 3.